The number of carbonyl (C=O) groups is 1. The lowest BCUT2D eigenvalue weighted by molar-refractivity contribution is -0.122. The van der Waals surface area contributed by atoms with Crippen LogP contribution in [0.3, 0.4) is 0 Å². The van der Waals surface area contributed by atoms with Crippen LogP contribution in [0.2, 0.25) is 0 Å². The molecule has 4 rings (SSSR count). The van der Waals surface area contributed by atoms with Crippen LogP contribution < -0.4 is 25.4 Å². The van der Waals surface area contributed by atoms with E-state index in [-0.39, 0.29) is 18.0 Å². The quantitative estimate of drug-likeness (QED) is 0.498. The molecule has 1 amide bonds. The standard InChI is InChI=1S/C25H29N5O3S/c1-33-22-6-4-3-5-21(22)28-13-15-29(16-14-28)23-11-12-25(32)30(27-23)18-24(31)26-17-19-7-9-20(34-2)10-8-19/h3-12H,13-18H2,1-2H3,(H,26,31). The molecule has 2 aromatic carbocycles. The number of anilines is 2. The second-order valence-electron chi connectivity index (χ2n) is 7.96. The zero-order valence-electron chi connectivity index (χ0n) is 19.4. The van der Waals surface area contributed by atoms with Gasteiger partial charge in [-0.3, -0.25) is 9.59 Å². The zero-order chi connectivity index (χ0) is 23.9. The molecule has 0 atom stereocenters. The lowest BCUT2D eigenvalue weighted by atomic mass is 10.2. The number of nitrogens with one attached hydrogen (secondary N) is 1. The SMILES string of the molecule is COc1ccccc1N1CCN(c2ccc(=O)n(CC(=O)NCc3ccc(SC)cc3)n2)CC1. The fourth-order valence-electron chi connectivity index (χ4n) is 3.92. The highest BCUT2D eigenvalue weighted by Crippen LogP contribution is 2.28. The van der Waals surface area contributed by atoms with Crippen molar-refractivity contribution in [3.63, 3.8) is 0 Å². The first-order valence-electron chi connectivity index (χ1n) is 11.2. The van der Waals surface area contributed by atoms with Gasteiger partial charge in [-0.15, -0.1) is 11.8 Å². The van der Waals surface area contributed by atoms with Gasteiger partial charge in [0, 0.05) is 43.7 Å². The summed E-state index contributed by atoms with van der Waals surface area (Å²) in [5.74, 6) is 1.30. The van der Waals surface area contributed by atoms with Gasteiger partial charge in [0.05, 0.1) is 12.8 Å². The Morgan fingerprint density at radius 3 is 2.41 bits per heavy atom. The van der Waals surface area contributed by atoms with Crippen molar-refractivity contribution < 1.29 is 9.53 Å². The van der Waals surface area contributed by atoms with Gasteiger partial charge < -0.3 is 19.9 Å². The van der Waals surface area contributed by atoms with E-state index in [1.165, 1.54) is 15.6 Å². The molecule has 0 unspecified atom stereocenters. The van der Waals surface area contributed by atoms with Gasteiger partial charge in [-0.05, 0) is 42.2 Å². The Bertz CT molecular complexity index is 1170. The molecular formula is C25H29N5O3S. The van der Waals surface area contributed by atoms with Gasteiger partial charge in [-0.1, -0.05) is 24.3 Å². The molecule has 1 aromatic heterocycles. The van der Waals surface area contributed by atoms with E-state index in [0.29, 0.717) is 12.4 Å². The van der Waals surface area contributed by atoms with Gasteiger partial charge >= 0.3 is 0 Å². The minimum absolute atomic E-state index is 0.114. The van der Waals surface area contributed by atoms with Crippen molar-refractivity contribution in [2.75, 3.05) is 49.3 Å². The lowest BCUT2D eigenvalue weighted by Gasteiger charge is -2.37. The number of thioether (sulfide) groups is 1. The maximum Gasteiger partial charge on any atom is 0.267 e. The van der Waals surface area contributed by atoms with E-state index in [9.17, 15) is 9.59 Å². The summed E-state index contributed by atoms with van der Waals surface area (Å²) in [4.78, 5) is 30.4. The minimum Gasteiger partial charge on any atom is -0.495 e. The van der Waals surface area contributed by atoms with E-state index in [1.54, 1.807) is 24.9 Å². The number of nitrogens with zero attached hydrogens (tertiary/aromatic N) is 4. The molecule has 178 valence electrons. The van der Waals surface area contributed by atoms with Gasteiger partial charge in [0.1, 0.15) is 18.1 Å². The van der Waals surface area contributed by atoms with Crippen molar-refractivity contribution in [1.82, 2.24) is 15.1 Å². The van der Waals surface area contributed by atoms with E-state index in [1.807, 2.05) is 48.7 Å². The van der Waals surface area contributed by atoms with Crippen LogP contribution in [0, 0.1) is 0 Å². The third-order valence-corrected chi connectivity index (χ3v) is 6.57. The molecule has 1 aliphatic heterocycles. The molecule has 0 spiro atoms. The molecule has 3 aromatic rings. The first-order valence-corrected chi connectivity index (χ1v) is 12.4. The molecule has 0 saturated carbocycles. The largest absolute Gasteiger partial charge is 0.495 e. The van der Waals surface area contributed by atoms with Crippen molar-refractivity contribution in [2.45, 2.75) is 18.0 Å². The molecule has 1 fully saturated rings. The van der Waals surface area contributed by atoms with Crippen LogP contribution in [0.5, 0.6) is 5.75 Å². The van der Waals surface area contributed by atoms with Crippen LogP contribution in [0.4, 0.5) is 11.5 Å². The summed E-state index contributed by atoms with van der Waals surface area (Å²) >= 11 is 1.67. The third-order valence-electron chi connectivity index (χ3n) is 5.82. The minimum atomic E-state index is -0.295. The number of benzene rings is 2. The number of rotatable bonds is 8. The Kier molecular flexibility index (Phi) is 7.74. The number of hydrogen-bond acceptors (Lipinski definition) is 7. The van der Waals surface area contributed by atoms with Crippen LogP contribution in [-0.4, -0.2) is 55.2 Å². The molecule has 1 saturated heterocycles. The number of carbonyl (C=O) groups excluding carboxylic acids is 1. The van der Waals surface area contributed by atoms with E-state index in [0.717, 1.165) is 43.2 Å². The fourth-order valence-corrected chi connectivity index (χ4v) is 4.33. The average molecular weight is 480 g/mol. The number of piperazine rings is 1. The Morgan fingerprint density at radius 2 is 1.71 bits per heavy atom. The summed E-state index contributed by atoms with van der Waals surface area (Å²) in [6.07, 6.45) is 2.02. The molecule has 34 heavy (non-hydrogen) atoms. The molecule has 1 aliphatic rings. The average Bonchev–Trinajstić information content (AvgIpc) is 2.89. The summed E-state index contributed by atoms with van der Waals surface area (Å²) in [6, 6.07) is 19.2. The fraction of sp³-hybridized carbons (Fsp3) is 0.320. The number of methoxy groups -OCH3 is 1. The Labute approximate surface area is 203 Å². The molecule has 0 aliphatic carbocycles. The molecule has 2 heterocycles. The number of aromatic nitrogens is 2. The predicted octanol–water partition coefficient (Wildman–Crippen LogP) is 2.62. The molecule has 8 nitrogen and oxygen atoms in total. The Balaban J connectivity index is 1.35. The zero-order valence-corrected chi connectivity index (χ0v) is 20.3. The summed E-state index contributed by atoms with van der Waals surface area (Å²) in [5.41, 5.74) is 1.78. The summed E-state index contributed by atoms with van der Waals surface area (Å²) in [7, 11) is 1.68. The molecule has 0 radical (unpaired) electrons. The third kappa shape index (κ3) is 5.72. The topological polar surface area (TPSA) is 79.7 Å². The van der Waals surface area contributed by atoms with Gasteiger partial charge in [0.15, 0.2) is 0 Å². The molecule has 0 bridgehead atoms. The first-order chi connectivity index (χ1) is 16.6. The normalized spacial score (nSPS) is 13.6. The Hall–Kier alpha value is -3.46. The van der Waals surface area contributed by atoms with Crippen LogP contribution in [0.15, 0.2) is 70.4 Å². The van der Waals surface area contributed by atoms with Crippen molar-refractivity contribution in [3.05, 3.63) is 76.6 Å². The van der Waals surface area contributed by atoms with E-state index < -0.39 is 0 Å². The predicted molar refractivity (Wildman–Crippen MR) is 136 cm³/mol. The highest BCUT2D eigenvalue weighted by atomic mass is 32.2. The molecular weight excluding hydrogens is 450 g/mol. The maximum absolute atomic E-state index is 12.5. The monoisotopic (exact) mass is 479 g/mol. The van der Waals surface area contributed by atoms with Crippen molar-refractivity contribution in [2.24, 2.45) is 0 Å². The highest BCUT2D eigenvalue weighted by molar-refractivity contribution is 7.98. The van der Waals surface area contributed by atoms with Crippen LogP contribution in [-0.2, 0) is 17.9 Å². The summed E-state index contributed by atoms with van der Waals surface area (Å²) in [5, 5.41) is 7.34. The van der Waals surface area contributed by atoms with Gasteiger partial charge in [-0.2, -0.15) is 5.10 Å². The van der Waals surface area contributed by atoms with Crippen molar-refractivity contribution in [1.29, 1.82) is 0 Å². The Morgan fingerprint density at radius 1 is 1.00 bits per heavy atom. The second-order valence-corrected chi connectivity index (χ2v) is 8.84. The molecule has 1 N–H and O–H groups in total. The van der Waals surface area contributed by atoms with Gasteiger partial charge in [0.2, 0.25) is 5.91 Å². The van der Waals surface area contributed by atoms with E-state index in [4.69, 9.17) is 4.74 Å². The number of para-hydroxylation sites is 2. The second kappa shape index (κ2) is 11.1. The van der Waals surface area contributed by atoms with Crippen molar-refractivity contribution >= 4 is 29.2 Å². The lowest BCUT2D eigenvalue weighted by Crippen LogP contribution is -2.47. The van der Waals surface area contributed by atoms with Crippen LogP contribution in [0.25, 0.3) is 0 Å². The number of ether oxygens (including phenoxy) is 1. The van der Waals surface area contributed by atoms with Crippen LogP contribution >= 0.6 is 11.8 Å². The first kappa shape index (κ1) is 23.7. The summed E-state index contributed by atoms with van der Waals surface area (Å²) in [6.45, 7) is 3.40. The number of hydrogen-bond donors (Lipinski definition) is 1. The van der Waals surface area contributed by atoms with E-state index in [2.05, 4.69) is 26.3 Å². The van der Waals surface area contributed by atoms with Gasteiger partial charge in [-0.25, -0.2) is 4.68 Å². The number of amides is 1. The van der Waals surface area contributed by atoms with Crippen molar-refractivity contribution in [3.8, 4) is 5.75 Å². The molecule has 9 heteroatoms. The highest BCUT2D eigenvalue weighted by Gasteiger charge is 2.21. The maximum atomic E-state index is 12.5. The van der Waals surface area contributed by atoms with E-state index >= 15 is 0 Å². The smallest absolute Gasteiger partial charge is 0.267 e. The van der Waals surface area contributed by atoms with Crippen LogP contribution in [0.1, 0.15) is 5.56 Å². The van der Waals surface area contributed by atoms with Gasteiger partial charge in [0.25, 0.3) is 5.56 Å². The summed E-state index contributed by atoms with van der Waals surface area (Å²) < 4.78 is 6.72.